The number of rotatable bonds is 5. The Morgan fingerprint density at radius 2 is 2.10 bits per heavy atom. The molecule has 1 aromatic rings. The number of nitrogens with zero attached hydrogens (tertiary/aromatic N) is 1. The molecular formula is C16H19NO4. The summed E-state index contributed by atoms with van der Waals surface area (Å²) >= 11 is 0. The number of benzene rings is 1. The Morgan fingerprint density at radius 1 is 1.38 bits per heavy atom. The Balaban J connectivity index is 1.97. The molecular weight excluding hydrogens is 270 g/mol. The first-order valence-electron chi connectivity index (χ1n) is 6.86. The van der Waals surface area contributed by atoms with Crippen LogP contribution in [0, 0.1) is 5.92 Å². The van der Waals surface area contributed by atoms with Crippen LogP contribution in [0.3, 0.4) is 0 Å². The lowest BCUT2D eigenvalue weighted by Crippen LogP contribution is -2.30. The van der Waals surface area contributed by atoms with Crippen molar-refractivity contribution in [1.29, 1.82) is 0 Å². The van der Waals surface area contributed by atoms with Gasteiger partial charge in [-0.1, -0.05) is 12.7 Å². The molecule has 0 spiro atoms. The molecule has 0 aliphatic carbocycles. The molecule has 0 radical (unpaired) electrons. The highest BCUT2D eigenvalue weighted by molar-refractivity contribution is 5.95. The molecule has 0 bridgehead atoms. The molecule has 5 nitrogen and oxygen atoms in total. The Hall–Kier alpha value is -2.30. The topological polar surface area (TPSA) is 55.8 Å². The molecule has 1 fully saturated rings. The smallest absolute Gasteiger partial charge is 0.310 e. The first-order valence-corrected chi connectivity index (χ1v) is 6.86. The second kappa shape index (κ2) is 6.92. The summed E-state index contributed by atoms with van der Waals surface area (Å²) in [6.07, 6.45) is 2.31. The van der Waals surface area contributed by atoms with Crippen LogP contribution in [-0.2, 0) is 9.53 Å². The lowest BCUT2D eigenvalue weighted by molar-refractivity contribution is -0.144. The third-order valence-electron chi connectivity index (χ3n) is 3.48. The molecule has 1 saturated heterocycles. The van der Waals surface area contributed by atoms with Crippen molar-refractivity contribution in [1.82, 2.24) is 4.90 Å². The zero-order valence-electron chi connectivity index (χ0n) is 12.1. The fourth-order valence-corrected chi connectivity index (χ4v) is 2.34. The summed E-state index contributed by atoms with van der Waals surface area (Å²) in [4.78, 5) is 25.5. The van der Waals surface area contributed by atoms with E-state index in [9.17, 15) is 9.59 Å². The molecule has 1 amide bonds. The van der Waals surface area contributed by atoms with E-state index in [4.69, 9.17) is 9.47 Å². The monoisotopic (exact) mass is 289 g/mol. The number of methoxy groups -OCH3 is 1. The van der Waals surface area contributed by atoms with Gasteiger partial charge in [-0.25, -0.2) is 0 Å². The fourth-order valence-electron chi connectivity index (χ4n) is 2.34. The van der Waals surface area contributed by atoms with E-state index >= 15 is 0 Å². The Labute approximate surface area is 124 Å². The van der Waals surface area contributed by atoms with Crippen molar-refractivity contribution in [3.8, 4) is 5.75 Å². The third kappa shape index (κ3) is 3.62. The third-order valence-corrected chi connectivity index (χ3v) is 3.48. The minimum atomic E-state index is -0.251. The SMILES string of the molecule is C=CCOc1ccc(C(=O)N2CCC(C(=O)OC)C2)cc1. The molecule has 0 aromatic heterocycles. The van der Waals surface area contributed by atoms with Crippen molar-refractivity contribution >= 4 is 11.9 Å². The molecule has 21 heavy (non-hydrogen) atoms. The van der Waals surface area contributed by atoms with Crippen molar-refractivity contribution in [2.45, 2.75) is 6.42 Å². The van der Waals surface area contributed by atoms with Crippen LogP contribution in [-0.4, -0.2) is 43.6 Å². The Morgan fingerprint density at radius 3 is 2.71 bits per heavy atom. The van der Waals surface area contributed by atoms with Gasteiger partial charge in [-0.15, -0.1) is 0 Å². The predicted octanol–water partition coefficient (Wildman–Crippen LogP) is 1.89. The molecule has 1 aromatic carbocycles. The number of esters is 1. The van der Waals surface area contributed by atoms with Crippen LogP contribution in [0.25, 0.3) is 0 Å². The van der Waals surface area contributed by atoms with Gasteiger partial charge in [0, 0.05) is 18.7 Å². The Bertz CT molecular complexity index is 524. The molecule has 112 valence electrons. The van der Waals surface area contributed by atoms with E-state index in [-0.39, 0.29) is 17.8 Å². The highest BCUT2D eigenvalue weighted by Gasteiger charge is 2.31. The van der Waals surface area contributed by atoms with Crippen LogP contribution in [0.4, 0.5) is 0 Å². The van der Waals surface area contributed by atoms with Gasteiger partial charge in [-0.3, -0.25) is 9.59 Å². The molecule has 1 atom stereocenters. The maximum absolute atomic E-state index is 12.3. The molecule has 1 heterocycles. The summed E-state index contributed by atoms with van der Waals surface area (Å²) < 4.78 is 10.1. The molecule has 1 aliphatic rings. The zero-order chi connectivity index (χ0) is 15.2. The summed E-state index contributed by atoms with van der Waals surface area (Å²) in [6, 6.07) is 6.97. The van der Waals surface area contributed by atoms with Crippen molar-refractivity contribution in [3.05, 3.63) is 42.5 Å². The van der Waals surface area contributed by atoms with Crippen molar-refractivity contribution < 1.29 is 19.1 Å². The van der Waals surface area contributed by atoms with Crippen LogP contribution >= 0.6 is 0 Å². The summed E-state index contributed by atoms with van der Waals surface area (Å²) in [5, 5.41) is 0. The van der Waals surface area contributed by atoms with Crippen molar-refractivity contribution in [2.24, 2.45) is 5.92 Å². The van der Waals surface area contributed by atoms with Crippen molar-refractivity contribution in [2.75, 3.05) is 26.8 Å². The number of hydrogen-bond donors (Lipinski definition) is 0. The first kappa shape index (κ1) is 15.1. The van der Waals surface area contributed by atoms with Crippen LogP contribution in [0.1, 0.15) is 16.8 Å². The second-order valence-corrected chi connectivity index (χ2v) is 4.88. The largest absolute Gasteiger partial charge is 0.490 e. The highest BCUT2D eigenvalue weighted by atomic mass is 16.5. The van der Waals surface area contributed by atoms with E-state index in [1.807, 2.05) is 0 Å². The van der Waals surface area contributed by atoms with Gasteiger partial charge >= 0.3 is 5.97 Å². The Kier molecular flexibility index (Phi) is 4.98. The maximum Gasteiger partial charge on any atom is 0.310 e. The molecule has 1 unspecified atom stereocenters. The van der Waals surface area contributed by atoms with Gasteiger partial charge in [0.25, 0.3) is 5.91 Å². The summed E-state index contributed by atoms with van der Waals surface area (Å²) in [6.45, 7) is 5.00. The average Bonchev–Trinajstić information content (AvgIpc) is 3.02. The van der Waals surface area contributed by atoms with Crippen LogP contribution in [0.15, 0.2) is 36.9 Å². The minimum absolute atomic E-state index is 0.0725. The summed E-state index contributed by atoms with van der Waals surface area (Å²) in [5.41, 5.74) is 0.589. The van der Waals surface area contributed by atoms with Crippen LogP contribution < -0.4 is 4.74 Å². The van der Waals surface area contributed by atoms with Crippen molar-refractivity contribution in [3.63, 3.8) is 0 Å². The van der Waals surface area contributed by atoms with E-state index in [0.717, 1.165) is 0 Å². The average molecular weight is 289 g/mol. The van der Waals surface area contributed by atoms with E-state index in [2.05, 4.69) is 6.58 Å². The molecule has 0 N–H and O–H groups in total. The van der Waals surface area contributed by atoms with Gasteiger partial charge in [0.1, 0.15) is 12.4 Å². The summed E-state index contributed by atoms with van der Waals surface area (Å²) in [5.74, 6) is 0.157. The van der Waals surface area contributed by atoms with Gasteiger partial charge in [0.2, 0.25) is 0 Å². The fraction of sp³-hybridized carbons (Fsp3) is 0.375. The van der Waals surface area contributed by atoms with E-state index in [0.29, 0.717) is 37.4 Å². The number of carbonyl (C=O) groups excluding carboxylic acids is 2. The minimum Gasteiger partial charge on any atom is -0.490 e. The number of likely N-dealkylation sites (tertiary alicyclic amines) is 1. The maximum atomic E-state index is 12.3. The quantitative estimate of drug-likeness (QED) is 0.613. The summed E-state index contributed by atoms with van der Waals surface area (Å²) in [7, 11) is 1.37. The van der Waals surface area contributed by atoms with E-state index < -0.39 is 0 Å². The van der Waals surface area contributed by atoms with Gasteiger partial charge in [-0.05, 0) is 30.7 Å². The van der Waals surface area contributed by atoms with E-state index in [1.165, 1.54) is 7.11 Å². The lowest BCUT2D eigenvalue weighted by Gasteiger charge is -2.16. The molecule has 2 rings (SSSR count). The van der Waals surface area contributed by atoms with Gasteiger partial charge in [0.15, 0.2) is 0 Å². The standard InChI is InChI=1S/C16H19NO4/c1-3-10-21-14-6-4-12(5-7-14)15(18)17-9-8-13(11-17)16(19)20-2/h3-7,13H,1,8-11H2,2H3. The number of ether oxygens (including phenoxy) is 2. The second-order valence-electron chi connectivity index (χ2n) is 4.88. The lowest BCUT2D eigenvalue weighted by atomic mass is 10.1. The van der Waals surface area contributed by atoms with Gasteiger partial charge < -0.3 is 14.4 Å². The highest BCUT2D eigenvalue weighted by Crippen LogP contribution is 2.21. The molecule has 0 saturated carbocycles. The van der Waals surface area contributed by atoms with Crippen LogP contribution in [0.5, 0.6) is 5.75 Å². The number of amides is 1. The normalized spacial score (nSPS) is 17.4. The number of carbonyl (C=O) groups is 2. The van der Waals surface area contributed by atoms with Gasteiger partial charge in [0.05, 0.1) is 13.0 Å². The predicted molar refractivity (Wildman–Crippen MR) is 78.2 cm³/mol. The number of hydrogen-bond acceptors (Lipinski definition) is 4. The van der Waals surface area contributed by atoms with Crippen LogP contribution in [0.2, 0.25) is 0 Å². The molecule has 5 heteroatoms. The molecule has 1 aliphatic heterocycles. The van der Waals surface area contributed by atoms with E-state index in [1.54, 1.807) is 35.2 Å². The van der Waals surface area contributed by atoms with Gasteiger partial charge in [-0.2, -0.15) is 0 Å². The zero-order valence-corrected chi connectivity index (χ0v) is 12.1. The first-order chi connectivity index (χ1) is 10.2.